The molecule has 0 bridgehead atoms. The van der Waals surface area contributed by atoms with Crippen LogP contribution in [0.5, 0.6) is 11.6 Å². The standard InChI is InChI=1S/C13H10ClF3N2O2/c1-20-9-4-2-8(3-5-9)7-21-11-10(13(15,16)17)6-18-12(14)19-11/h2-6H,7H2,1H3. The Balaban J connectivity index is 2.17. The number of ether oxygens (including phenoxy) is 2. The Morgan fingerprint density at radius 1 is 1.19 bits per heavy atom. The molecule has 0 fully saturated rings. The summed E-state index contributed by atoms with van der Waals surface area (Å²) < 4.78 is 48.4. The number of alkyl halides is 3. The highest BCUT2D eigenvalue weighted by Gasteiger charge is 2.36. The lowest BCUT2D eigenvalue weighted by atomic mass is 10.2. The van der Waals surface area contributed by atoms with E-state index in [1.54, 1.807) is 24.3 Å². The van der Waals surface area contributed by atoms with Gasteiger partial charge in [-0.3, -0.25) is 0 Å². The molecule has 21 heavy (non-hydrogen) atoms. The summed E-state index contributed by atoms with van der Waals surface area (Å²) in [4.78, 5) is 6.80. The maximum absolute atomic E-state index is 12.8. The first-order chi connectivity index (χ1) is 9.90. The number of nitrogens with zero attached hydrogens (tertiary/aromatic N) is 2. The van der Waals surface area contributed by atoms with E-state index in [2.05, 4.69) is 9.97 Å². The minimum atomic E-state index is -4.61. The monoisotopic (exact) mass is 318 g/mol. The van der Waals surface area contributed by atoms with Gasteiger partial charge in [-0.15, -0.1) is 0 Å². The third-order valence-corrected chi connectivity index (χ3v) is 2.75. The predicted molar refractivity (Wildman–Crippen MR) is 69.4 cm³/mol. The van der Waals surface area contributed by atoms with Crippen LogP contribution in [0.15, 0.2) is 30.5 Å². The number of halogens is 4. The summed E-state index contributed by atoms with van der Waals surface area (Å²) in [7, 11) is 1.52. The first-order valence-electron chi connectivity index (χ1n) is 5.75. The van der Waals surface area contributed by atoms with Gasteiger partial charge in [0.2, 0.25) is 11.2 Å². The molecule has 0 radical (unpaired) electrons. The third kappa shape index (κ3) is 3.98. The first kappa shape index (κ1) is 15.4. The summed E-state index contributed by atoms with van der Waals surface area (Å²) in [5, 5.41) is -0.312. The molecule has 4 nitrogen and oxygen atoms in total. The van der Waals surface area contributed by atoms with Crippen molar-refractivity contribution in [2.45, 2.75) is 12.8 Å². The van der Waals surface area contributed by atoms with Crippen molar-refractivity contribution in [2.24, 2.45) is 0 Å². The van der Waals surface area contributed by atoms with Crippen LogP contribution < -0.4 is 9.47 Å². The van der Waals surface area contributed by atoms with E-state index in [0.717, 1.165) is 0 Å². The third-order valence-electron chi connectivity index (χ3n) is 2.56. The van der Waals surface area contributed by atoms with E-state index >= 15 is 0 Å². The van der Waals surface area contributed by atoms with Crippen LogP contribution in [0.3, 0.4) is 0 Å². The van der Waals surface area contributed by atoms with E-state index in [9.17, 15) is 13.2 Å². The van der Waals surface area contributed by atoms with Gasteiger partial charge in [-0.25, -0.2) is 4.98 Å². The molecular formula is C13H10ClF3N2O2. The Labute approximate surface area is 123 Å². The fraction of sp³-hybridized carbons (Fsp3) is 0.231. The molecule has 112 valence electrons. The van der Waals surface area contributed by atoms with Gasteiger partial charge in [-0.2, -0.15) is 18.2 Å². The Morgan fingerprint density at radius 2 is 1.86 bits per heavy atom. The van der Waals surface area contributed by atoms with Crippen molar-refractivity contribution in [1.82, 2.24) is 9.97 Å². The quantitative estimate of drug-likeness (QED) is 0.806. The van der Waals surface area contributed by atoms with E-state index in [4.69, 9.17) is 21.1 Å². The molecule has 1 heterocycles. The number of rotatable bonds is 4. The Morgan fingerprint density at radius 3 is 2.43 bits per heavy atom. The number of benzene rings is 1. The van der Waals surface area contributed by atoms with E-state index in [1.807, 2.05) is 0 Å². The van der Waals surface area contributed by atoms with Crippen molar-refractivity contribution in [1.29, 1.82) is 0 Å². The van der Waals surface area contributed by atoms with Crippen LogP contribution in [-0.2, 0) is 12.8 Å². The summed E-state index contributed by atoms with van der Waals surface area (Å²) >= 11 is 5.50. The van der Waals surface area contributed by atoms with Gasteiger partial charge in [-0.05, 0) is 29.3 Å². The van der Waals surface area contributed by atoms with Gasteiger partial charge in [0.15, 0.2) is 0 Å². The predicted octanol–water partition coefficient (Wildman–Crippen LogP) is 3.74. The van der Waals surface area contributed by atoms with E-state index in [-0.39, 0.29) is 11.9 Å². The molecule has 0 aliphatic carbocycles. The van der Waals surface area contributed by atoms with Gasteiger partial charge in [-0.1, -0.05) is 12.1 Å². The molecule has 0 aliphatic rings. The SMILES string of the molecule is COc1ccc(COc2nc(Cl)ncc2C(F)(F)F)cc1. The molecular weight excluding hydrogens is 309 g/mol. The van der Waals surface area contributed by atoms with E-state index < -0.39 is 17.6 Å². The van der Waals surface area contributed by atoms with Gasteiger partial charge in [0.05, 0.1) is 7.11 Å². The lowest BCUT2D eigenvalue weighted by Gasteiger charge is -2.12. The van der Waals surface area contributed by atoms with Crippen LogP contribution in [0.2, 0.25) is 5.28 Å². The van der Waals surface area contributed by atoms with Crippen LogP contribution >= 0.6 is 11.6 Å². The molecule has 0 N–H and O–H groups in total. The van der Waals surface area contributed by atoms with Gasteiger partial charge in [0.1, 0.15) is 17.9 Å². The average molecular weight is 319 g/mol. The zero-order valence-electron chi connectivity index (χ0n) is 10.8. The molecule has 1 aromatic heterocycles. The molecule has 8 heteroatoms. The molecule has 0 saturated heterocycles. The summed E-state index contributed by atoms with van der Waals surface area (Å²) in [5.41, 5.74) is -0.404. The lowest BCUT2D eigenvalue weighted by molar-refractivity contribution is -0.139. The summed E-state index contributed by atoms with van der Waals surface area (Å²) in [6.45, 7) is -0.0829. The van der Waals surface area contributed by atoms with Gasteiger partial charge < -0.3 is 9.47 Å². The fourth-order valence-electron chi connectivity index (χ4n) is 1.52. The zero-order chi connectivity index (χ0) is 15.5. The number of methoxy groups -OCH3 is 1. The van der Waals surface area contributed by atoms with Crippen LogP contribution in [0.4, 0.5) is 13.2 Å². The normalized spacial score (nSPS) is 11.3. The van der Waals surface area contributed by atoms with Gasteiger partial charge in [0, 0.05) is 6.20 Å². The zero-order valence-corrected chi connectivity index (χ0v) is 11.6. The van der Waals surface area contributed by atoms with Crippen molar-refractivity contribution in [3.8, 4) is 11.6 Å². The molecule has 2 rings (SSSR count). The minimum absolute atomic E-state index is 0.0829. The molecule has 1 aromatic carbocycles. The van der Waals surface area contributed by atoms with Crippen molar-refractivity contribution in [3.05, 3.63) is 46.9 Å². The molecule has 0 amide bonds. The Bertz CT molecular complexity index is 618. The highest BCUT2D eigenvalue weighted by Crippen LogP contribution is 2.35. The second-order valence-electron chi connectivity index (χ2n) is 3.99. The smallest absolute Gasteiger partial charge is 0.423 e. The van der Waals surface area contributed by atoms with E-state index in [1.165, 1.54) is 7.11 Å². The fourth-order valence-corrected chi connectivity index (χ4v) is 1.65. The highest BCUT2D eigenvalue weighted by molar-refractivity contribution is 6.28. The van der Waals surface area contributed by atoms with E-state index in [0.29, 0.717) is 17.5 Å². The largest absolute Gasteiger partial charge is 0.497 e. The Kier molecular flexibility index (Phi) is 4.52. The summed E-state index contributed by atoms with van der Waals surface area (Å²) in [6.07, 6.45) is -4.02. The maximum Gasteiger partial charge on any atom is 0.423 e. The average Bonchev–Trinajstić information content (AvgIpc) is 2.44. The highest BCUT2D eigenvalue weighted by atomic mass is 35.5. The molecule has 0 aliphatic heterocycles. The van der Waals surface area contributed by atoms with Gasteiger partial charge in [0.25, 0.3) is 0 Å². The van der Waals surface area contributed by atoms with Crippen LogP contribution in [-0.4, -0.2) is 17.1 Å². The lowest BCUT2D eigenvalue weighted by Crippen LogP contribution is -2.11. The van der Waals surface area contributed by atoms with Crippen molar-refractivity contribution in [3.63, 3.8) is 0 Å². The van der Waals surface area contributed by atoms with Gasteiger partial charge >= 0.3 is 6.18 Å². The second-order valence-corrected chi connectivity index (χ2v) is 4.33. The molecule has 2 aromatic rings. The maximum atomic E-state index is 12.8. The van der Waals surface area contributed by atoms with Crippen LogP contribution in [0, 0.1) is 0 Å². The summed E-state index contributed by atoms with van der Waals surface area (Å²) in [5.74, 6) is 0.0399. The van der Waals surface area contributed by atoms with Crippen molar-refractivity contribution < 1.29 is 22.6 Å². The topological polar surface area (TPSA) is 44.2 Å². The van der Waals surface area contributed by atoms with Crippen LogP contribution in [0.1, 0.15) is 11.1 Å². The van der Waals surface area contributed by atoms with Crippen LogP contribution in [0.25, 0.3) is 0 Å². The Hall–Kier alpha value is -2.02. The van der Waals surface area contributed by atoms with Crippen molar-refractivity contribution in [2.75, 3.05) is 7.11 Å². The minimum Gasteiger partial charge on any atom is -0.497 e. The van der Waals surface area contributed by atoms with Crippen molar-refractivity contribution >= 4 is 11.6 Å². The first-order valence-corrected chi connectivity index (χ1v) is 6.13. The number of hydrogen-bond acceptors (Lipinski definition) is 4. The second kappa shape index (κ2) is 6.17. The number of hydrogen-bond donors (Lipinski definition) is 0. The molecule has 0 spiro atoms. The molecule has 0 atom stereocenters. The molecule has 0 saturated carbocycles. The number of aromatic nitrogens is 2. The molecule has 0 unspecified atom stereocenters. The summed E-state index contributed by atoms with van der Waals surface area (Å²) in [6, 6.07) is 6.70.